The molecule has 2 N–H and O–H groups in total. The highest BCUT2D eigenvalue weighted by molar-refractivity contribution is 7.91. The minimum atomic E-state index is -3.92. The molecule has 2 aliphatic heterocycles. The van der Waals surface area contributed by atoms with Crippen LogP contribution in [-0.4, -0.2) is 59.5 Å². The third-order valence-electron chi connectivity index (χ3n) is 4.58. The smallest absolute Gasteiger partial charge is 0.251 e. The Hall–Kier alpha value is -1.20. The first-order valence-electron chi connectivity index (χ1n) is 8.58. The van der Waals surface area contributed by atoms with E-state index in [4.69, 9.17) is 16.3 Å². The van der Waals surface area contributed by atoms with Crippen molar-refractivity contribution in [1.82, 2.24) is 10.0 Å². The van der Waals surface area contributed by atoms with Crippen molar-refractivity contribution in [1.29, 1.82) is 0 Å². The number of hydrogen-bond donors (Lipinski definition) is 2. The number of carbonyl (C=O) groups excluding carboxylic acids is 1. The molecule has 2 saturated heterocycles. The van der Waals surface area contributed by atoms with Gasteiger partial charge < -0.3 is 10.1 Å². The molecule has 2 heterocycles. The molecule has 0 aliphatic carbocycles. The van der Waals surface area contributed by atoms with Gasteiger partial charge in [-0.25, -0.2) is 21.6 Å². The van der Waals surface area contributed by atoms with Crippen LogP contribution in [0, 0.1) is 0 Å². The van der Waals surface area contributed by atoms with Crippen LogP contribution in [0.1, 0.15) is 29.6 Å². The monoisotopic (exact) mass is 436 g/mol. The molecular formula is C16H21ClN2O6S2. The van der Waals surface area contributed by atoms with E-state index in [1.807, 2.05) is 0 Å². The second kappa shape index (κ2) is 8.04. The molecule has 2 fully saturated rings. The van der Waals surface area contributed by atoms with E-state index < -0.39 is 31.8 Å². The van der Waals surface area contributed by atoms with Crippen molar-refractivity contribution in [3.63, 3.8) is 0 Å². The molecule has 8 nitrogen and oxygen atoms in total. The molecule has 0 aromatic heterocycles. The van der Waals surface area contributed by atoms with E-state index in [0.717, 1.165) is 12.8 Å². The number of sulfone groups is 1. The van der Waals surface area contributed by atoms with Crippen molar-refractivity contribution in [2.24, 2.45) is 0 Å². The van der Waals surface area contributed by atoms with Crippen molar-refractivity contribution in [3.8, 4) is 0 Å². The van der Waals surface area contributed by atoms with Gasteiger partial charge in [0.25, 0.3) is 5.91 Å². The lowest BCUT2D eigenvalue weighted by atomic mass is 10.2. The molecule has 3 rings (SSSR count). The van der Waals surface area contributed by atoms with Crippen LogP contribution in [0.5, 0.6) is 0 Å². The molecule has 0 radical (unpaired) electrons. The number of rotatable bonds is 6. The lowest BCUT2D eigenvalue weighted by molar-refractivity contribution is 0.0941. The Morgan fingerprint density at radius 2 is 2.07 bits per heavy atom. The van der Waals surface area contributed by atoms with Crippen molar-refractivity contribution in [2.75, 3.05) is 24.7 Å². The zero-order chi connectivity index (χ0) is 19.7. The van der Waals surface area contributed by atoms with Crippen molar-refractivity contribution in [3.05, 3.63) is 28.8 Å². The quantitative estimate of drug-likeness (QED) is 0.678. The van der Waals surface area contributed by atoms with Crippen LogP contribution in [0.4, 0.5) is 0 Å². The molecule has 2 unspecified atom stereocenters. The summed E-state index contributed by atoms with van der Waals surface area (Å²) in [4.78, 5) is 12.2. The molecule has 2 atom stereocenters. The average Bonchev–Trinajstić information content (AvgIpc) is 3.22. The van der Waals surface area contributed by atoms with Gasteiger partial charge in [-0.3, -0.25) is 4.79 Å². The lowest BCUT2D eigenvalue weighted by Crippen LogP contribution is -2.36. The van der Waals surface area contributed by atoms with E-state index in [1.165, 1.54) is 18.2 Å². The van der Waals surface area contributed by atoms with Gasteiger partial charge in [-0.15, -0.1) is 0 Å². The van der Waals surface area contributed by atoms with Gasteiger partial charge in [-0.2, -0.15) is 0 Å². The average molecular weight is 437 g/mol. The summed E-state index contributed by atoms with van der Waals surface area (Å²) in [7, 11) is -7.05. The number of amides is 1. The maximum absolute atomic E-state index is 12.6. The molecule has 1 amide bonds. The lowest BCUT2D eigenvalue weighted by Gasteiger charge is -2.14. The summed E-state index contributed by atoms with van der Waals surface area (Å²) in [6, 6.07) is 3.46. The van der Waals surface area contributed by atoms with E-state index in [9.17, 15) is 21.6 Å². The summed E-state index contributed by atoms with van der Waals surface area (Å²) >= 11 is 6.03. The van der Waals surface area contributed by atoms with Crippen LogP contribution in [0.15, 0.2) is 23.1 Å². The Bertz CT molecular complexity index is 926. The number of sulfonamides is 1. The zero-order valence-electron chi connectivity index (χ0n) is 14.5. The van der Waals surface area contributed by atoms with Crippen molar-refractivity contribution < 1.29 is 26.4 Å². The molecule has 11 heteroatoms. The summed E-state index contributed by atoms with van der Waals surface area (Å²) in [5.41, 5.74) is 0.0983. The SMILES string of the molecule is O=C(NC1CCS(=O)(=O)C1)c1ccc(Cl)c(S(=O)(=O)NCC2CCCO2)c1. The van der Waals surface area contributed by atoms with Gasteiger partial charge in [0.2, 0.25) is 10.0 Å². The summed E-state index contributed by atoms with van der Waals surface area (Å²) in [5.74, 6) is -0.615. The molecule has 0 spiro atoms. The Kier molecular flexibility index (Phi) is 6.11. The minimum absolute atomic E-state index is 0.00478. The number of carbonyl (C=O) groups is 1. The fourth-order valence-electron chi connectivity index (χ4n) is 3.11. The topological polar surface area (TPSA) is 119 Å². The Balaban J connectivity index is 1.72. The largest absolute Gasteiger partial charge is 0.377 e. The first-order valence-corrected chi connectivity index (χ1v) is 12.3. The Morgan fingerprint density at radius 3 is 2.70 bits per heavy atom. The first kappa shape index (κ1) is 20.5. The van der Waals surface area contributed by atoms with E-state index in [1.54, 1.807) is 0 Å². The van der Waals surface area contributed by atoms with Crippen LogP contribution in [0.2, 0.25) is 5.02 Å². The summed E-state index contributed by atoms with van der Waals surface area (Å²) in [5, 5.41) is 2.62. The van der Waals surface area contributed by atoms with E-state index in [-0.39, 0.29) is 39.6 Å². The third kappa shape index (κ3) is 5.20. The van der Waals surface area contributed by atoms with Gasteiger partial charge in [-0.05, 0) is 37.5 Å². The number of benzene rings is 1. The highest BCUT2D eigenvalue weighted by Gasteiger charge is 2.30. The predicted molar refractivity (Wildman–Crippen MR) is 100 cm³/mol. The molecule has 0 bridgehead atoms. The summed E-state index contributed by atoms with van der Waals surface area (Å²) < 4.78 is 56.0. The van der Waals surface area contributed by atoms with Crippen molar-refractivity contribution >= 4 is 37.4 Å². The molecule has 0 saturated carbocycles. The number of ether oxygens (including phenoxy) is 1. The predicted octanol–water partition coefficient (Wildman–Crippen LogP) is 0.714. The van der Waals surface area contributed by atoms with E-state index in [2.05, 4.69) is 10.0 Å². The fourth-order valence-corrected chi connectivity index (χ4v) is 6.38. The fraction of sp³-hybridized carbons (Fsp3) is 0.562. The normalized spacial score (nSPS) is 24.8. The van der Waals surface area contributed by atoms with Crippen LogP contribution < -0.4 is 10.0 Å². The maximum atomic E-state index is 12.6. The second-order valence-corrected chi connectivity index (χ2v) is 11.1. The maximum Gasteiger partial charge on any atom is 0.251 e. The van der Waals surface area contributed by atoms with Gasteiger partial charge in [0, 0.05) is 24.8 Å². The zero-order valence-corrected chi connectivity index (χ0v) is 16.9. The van der Waals surface area contributed by atoms with Gasteiger partial charge in [0.15, 0.2) is 9.84 Å². The van der Waals surface area contributed by atoms with Crippen LogP contribution in [0.25, 0.3) is 0 Å². The van der Waals surface area contributed by atoms with Crippen LogP contribution >= 0.6 is 11.6 Å². The van der Waals surface area contributed by atoms with Gasteiger partial charge in [-0.1, -0.05) is 11.6 Å². The van der Waals surface area contributed by atoms with Gasteiger partial charge in [0.05, 0.1) is 22.6 Å². The molecule has 1 aromatic rings. The minimum Gasteiger partial charge on any atom is -0.377 e. The molecule has 27 heavy (non-hydrogen) atoms. The van der Waals surface area contributed by atoms with Gasteiger partial charge in [0.1, 0.15) is 4.90 Å². The molecule has 1 aromatic carbocycles. The van der Waals surface area contributed by atoms with E-state index >= 15 is 0 Å². The highest BCUT2D eigenvalue weighted by Crippen LogP contribution is 2.23. The van der Waals surface area contributed by atoms with Crippen molar-refractivity contribution in [2.45, 2.75) is 36.3 Å². The second-order valence-electron chi connectivity index (χ2n) is 6.71. The summed E-state index contributed by atoms with van der Waals surface area (Å²) in [6.45, 7) is 0.745. The van der Waals surface area contributed by atoms with Crippen LogP contribution in [0.3, 0.4) is 0 Å². The Morgan fingerprint density at radius 1 is 1.30 bits per heavy atom. The highest BCUT2D eigenvalue weighted by atomic mass is 35.5. The Labute approximate surface area is 163 Å². The molecule has 2 aliphatic rings. The summed E-state index contributed by atoms with van der Waals surface area (Å²) in [6.07, 6.45) is 1.84. The number of halogens is 1. The number of hydrogen-bond acceptors (Lipinski definition) is 6. The third-order valence-corrected chi connectivity index (χ3v) is 8.25. The molecule has 150 valence electrons. The van der Waals surface area contributed by atoms with E-state index in [0.29, 0.717) is 13.0 Å². The first-order chi connectivity index (χ1) is 12.7. The van der Waals surface area contributed by atoms with Gasteiger partial charge >= 0.3 is 0 Å². The standard InChI is InChI=1S/C16H21ClN2O6S2/c17-14-4-3-11(16(20)19-12-5-7-26(21,22)10-12)8-15(14)27(23,24)18-9-13-2-1-6-25-13/h3-4,8,12-13,18H,1-2,5-7,9-10H2,(H,19,20). The molecular weight excluding hydrogens is 416 g/mol. The number of nitrogens with one attached hydrogen (secondary N) is 2. The van der Waals surface area contributed by atoms with Crippen LogP contribution in [-0.2, 0) is 24.6 Å².